The fourth-order valence-corrected chi connectivity index (χ4v) is 1.37. The molecule has 13 heavy (non-hydrogen) atoms. The van der Waals surface area contributed by atoms with Gasteiger partial charge in [-0.05, 0) is 0 Å². The van der Waals surface area contributed by atoms with Crippen LogP contribution in [0.5, 0.6) is 0 Å². The van der Waals surface area contributed by atoms with Crippen LogP contribution < -0.4 is 0 Å². The molecule has 4 heteroatoms. The van der Waals surface area contributed by atoms with Crippen LogP contribution in [0.15, 0.2) is 0 Å². The highest BCUT2D eigenvalue weighted by molar-refractivity contribution is 6.83. The van der Waals surface area contributed by atoms with E-state index in [-0.39, 0.29) is 11.8 Å². The van der Waals surface area contributed by atoms with Crippen molar-refractivity contribution in [2.24, 2.45) is 0 Å². The van der Waals surface area contributed by atoms with Crippen molar-refractivity contribution in [2.45, 2.75) is 32.5 Å². The molecule has 0 N–H and O–H groups in total. The van der Waals surface area contributed by atoms with Crippen LogP contribution in [0, 0.1) is 11.6 Å². The van der Waals surface area contributed by atoms with E-state index >= 15 is 0 Å². The van der Waals surface area contributed by atoms with Gasteiger partial charge in [0.15, 0.2) is 0 Å². The Bertz CT molecular complexity index is 290. The van der Waals surface area contributed by atoms with Gasteiger partial charge in [0, 0.05) is 18.9 Å². The van der Waals surface area contributed by atoms with Gasteiger partial charge in [-0.25, -0.2) is 4.90 Å². The van der Waals surface area contributed by atoms with E-state index in [2.05, 4.69) is 31.2 Å². The lowest BCUT2D eigenvalue weighted by Crippen LogP contribution is -2.25. The summed E-state index contributed by atoms with van der Waals surface area (Å²) in [6.45, 7) is 6.22. The number of hydrogen-bond acceptors (Lipinski definition) is 2. The van der Waals surface area contributed by atoms with Gasteiger partial charge in [-0.1, -0.05) is 19.6 Å². The molecular formula is C9H13NO2Si. The quantitative estimate of drug-likeness (QED) is 0.328. The monoisotopic (exact) mass is 195 g/mol. The second kappa shape index (κ2) is 3.34. The molecule has 0 unspecified atom stereocenters. The molecule has 70 valence electrons. The van der Waals surface area contributed by atoms with E-state index in [4.69, 9.17) is 0 Å². The predicted octanol–water partition coefficient (Wildman–Crippen LogP) is 0.974. The van der Waals surface area contributed by atoms with Crippen molar-refractivity contribution >= 4 is 19.9 Å². The normalized spacial score (nSPS) is 17.3. The van der Waals surface area contributed by atoms with E-state index in [1.807, 2.05) is 0 Å². The number of amides is 2. The summed E-state index contributed by atoms with van der Waals surface area (Å²) >= 11 is 0. The maximum Gasteiger partial charge on any atom is 0.241 e. The molecule has 0 saturated carbocycles. The van der Waals surface area contributed by atoms with Crippen molar-refractivity contribution in [3.63, 3.8) is 0 Å². The molecule has 0 atom stereocenters. The van der Waals surface area contributed by atoms with Crippen molar-refractivity contribution in [3.8, 4) is 11.6 Å². The van der Waals surface area contributed by atoms with E-state index in [1.165, 1.54) is 0 Å². The summed E-state index contributed by atoms with van der Waals surface area (Å²) in [5.41, 5.74) is 3.00. The maximum atomic E-state index is 11.1. The topological polar surface area (TPSA) is 37.4 Å². The number of hydrogen-bond donors (Lipinski definition) is 0. The van der Waals surface area contributed by atoms with Crippen LogP contribution in [0.4, 0.5) is 0 Å². The maximum absolute atomic E-state index is 11.1. The molecule has 3 nitrogen and oxygen atoms in total. The molecule has 0 bridgehead atoms. The lowest BCUT2D eigenvalue weighted by Gasteiger charge is -2.06. The number of carbonyl (C=O) groups excluding carboxylic acids is 2. The summed E-state index contributed by atoms with van der Waals surface area (Å²) < 4.78 is 0. The minimum Gasteiger partial charge on any atom is -0.273 e. The molecule has 0 spiro atoms. The van der Waals surface area contributed by atoms with Crippen molar-refractivity contribution in [3.05, 3.63) is 0 Å². The Balaban J connectivity index is 2.77. The van der Waals surface area contributed by atoms with Gasteiger partial charge in [-0.2, -0.15) is 0 Å². The molecule has 0 aromatic carbocycles. The number of rotatable bonds is 0. The Morgan fingerprint density at radius 3 is 2.00 bits per heavy atom. The summed E-state index contributed by atoms with van der Waals surface area (Å²) in [7, 11) is -1.49. The number of likely N-dealkylation sites (tertiary alicyclic amines) is 1. The minimum atomic E-state index is -1.49. The Morgan fingerprint density at radius 2 is 1.62 bits per heavy atom. The second-order valence-corrected chi connectivity index (χ2v) is 8.86. The van der Waals surface area contributed by atoms with E-state index < -0.39 is 8.07 Å². The van der Waals surface area contributed by atoms with Gasteiger partial charge in [-0.15, -0.1) is 5.54 Å². The van der Waals surface area contributed by atoms with Crippen molar-refractivity contribution < 1.29 is 9.59 Å². The van der Waals surface area contributed by atoms with E-state index in [0.717, 1.165) is 4.90 Å². The number of nitrogens with zero attached hydrogens (tertiary/aromatic N) is 1. The molecule has 1 aliphatic rings. The zero-order chi connectivity index (χ0) is 10.1. The summed E-state index contributed by atoms with van der Waals surface area (Å²) in [5.74, 6) is -0.313. The van der Waals surface area contributed by atoms with Gasteiger partial charge in [0.05, 0.1) is 0 Å². The minimum absolute atomic E-state index is 0.157. The Labute approximate surface area is 79.1 Å². The Hall–Kier alpha value is -1.08. The van der Waals surface area contributed by atoms with E-state index in [9.17, 15) is 9.59 Å². The zero-order valence-electron chi connectivity index (χ0n) is 8.18. The van der Waals surface area contributed by atoms with Crippen molar-refractivity contribution in [2.75, 3.05) is 0 Å². The van der Waals surface area contributed by atoms with Gasteiger partial charge in [-0.3, -0.25) is 9.59 Å². The highest BCUT2D eigenvalue weighted by atomic mass is 28.3. The SMILES string of the molecule is C[Si](C)(C)C#CN1C(=O)CCC1=O. The smallest absolute Gasteiger partial charge is 0.241 e. The first-order valence-electron chi connectivity index (χ1n) is 4.29. The first-order valence-corrected chi connectivity index (χ1v) is 7.79. The van der Waals surface area contributed by atoms with Crippen molar-refractivity contribution in [1.82, 2.24) is 4.90 Å². The molecule has 0 aromatic heterocycles. The predicted molar refractivity (Wildman–Crippen MR) is 52.2 cm³/mol. The third-order valence-corrected chi connectivity index (χ3v) is 2.46. The third-order valence-electron chi connectivity index (χ3n) is 1.59. The summed E-state index contributed by atoms with van der Waals surface area (Å²) in [6, 6.07) is 2.67. The fourth-order valence-electron chi connectivity index (χ4n) is 0.925. The van der Waals surface area contributed by atoms with Gasteiger partial charge in [0.2, 0.25) is 11.8 Å². The molecule has 0 radical (unpaired) electrons. The second-order valence-electron chi connectivity index (χ2n) is 4.11. The molecule has 0 aliphatic carbocycles. The lowest BCUT2D eigenvalue weighted by molar-refractivity contribution is -0.134. The Morgan fingerprint density at radius 1 is 1.15 bits per heavy atom. The summed E-state index contributed by atoms with van der Waals surface area (Å²) in [4.78, 5) is 23.3. The van der Waals surface area contributed by atoms with Gasteiger partial charge >= 0.3 is 0 Å². The molecule has 1 fully saturated rings. The first-order chi connectivity index (χ1) is 5.90. The first kappa shape index (κ1) is 10.0. The van der Waals surface area contributed by atoms with Gasteiger partial charge < -0.3 is 0 Å². The molecule has 1 rings (SSSR count). The van der Waals surface area contributed by atoms with Crippen LogP contribution in [0.2, 0.25) is 19.6 Å². The molecule has 1 saturated heterocycles. The van der Waals surface area contributed by atoms with E-state index in [0.29, 0.717) is 12.8 Å². The van der Waals surface area contributed by atoms with Crippen LogP contribution in [-0.4, -0.2) is 24.8 Å². The average molecular weight is 195 g/mol. The molecule has 1 heterocycles. The van der Waals surface area contributed by atoms with Crippen LogP contribution in [0.3, 0.4) is 0 Å². The standard InChI is InChI=1S/C9H13NO2Si/c1-13(2,3)7-6-10-8(11)4-5-9(10)12/h4-5H2,1-3H3. The average Bonchev–Trinajstić information content (AvgIpc) is 2.27. The number of imide groups is 1. The Kier molecular flexibility index (Phi) is 2.57. The van der Waals surface area contributed by atoms with Crippen LogP contribution >= 0.6 is 0 Å². The molecule has 2 amide bonds. The highest BCUT2D eigenvalue weighted by Gasteiger charge is 2.27. The fraction of sp³-hybridized carbons (Fsp3) is 0.556. The zero-order valence-corrected chi connectivity index (χ0v) is 9.18. The van der Waals surface area contributed by atoms with Crippen LogP contribution in [-0.2, 0) is 9.59 Å². The van der Waals surface area contributed by atoms with Gasteiger partial charge in [0.25, 0.3) is 0 Å². The molecule has 0 aromatic rings. The number of carbonyl (C=O) groups is 2. The van der Waals surface area contributed by atoms with Crippen molar-refractivity contribution in [1.29, 1.82) is 0 Å². The lowest BCUT2D eigenvalue weighted by atomic mass is 10.4. The highest BCUT2D eigenvalue weighted by Crippen LogP contribution is 2.10. The van der Waals surface area contributed by atoms with Gasteiger partial charge in [0.1, 0.15) is 8.07 Å². The largest absolute Gasteiger partial charge is 0.273 e. The molecular weight excluding hydrogens is 182 g/mol. The summed E-state index contributed by atoms with van der Waals surface area (Å²) in [6.07, 6.45) is 0.637. The van der Waals surface area contributed by atoms with E-state index in [1.54, 1.807) is 0 Å². The van der Waals surface area contributed by atoms with Crippen LogP contribution in [0.1, 0.15) is 12.8 Å². The van der Waals surface area contributed by atoms with Crippen LogP contribution in [0.25, 0.3) is 0 Å². The molecule has 1 aliphatic heterocycles. The third kappa shape index (κ3) is 2.70. The summed E-state index contributed by atoms with van der Waals surface area (Å²) in [5, 5.41) is 0.